The lowest BCUT2D eigenvalue weighted by molar-refractivity contribution is -0.123. The highest BCUT2D eigenvalue weighted by Crippen LogP contribution is 2.12. The first kappa shape index (κ1) is 16.0. The third-order valence-electron chi connectivity index (χ3n) is 3.09. The van der Waals surface area contributed by atoms with Crippen LogP contribution in [0.5, 0.6) is 5.75 Å². The van der Waals surface area contributed by atoms with E-state index in [0.717, 1.165) is 5.56 Å². The van der Waals surface area contributed by atoms with Gasteiger partial charge in [-0.2, -0.15) is 5.10 Å². The van der Waals surface area contributed by atoms with Gasteiger partial charge in [-0.05, 0) is 31.3 Å². The second kappa shape index (κ2) is 7.56. The third kappa shape index (κ3) is 4.29. The quantitative estimate of drug-likeness (QED) is 0.749. The van der Waals surface area contributed by atoms with Crippen molar-refractivity contribution in [1.29, 1.82) is 0 Å². The molecule has 0 saturated heterocycles. The molecule has 0 aliphatic carbocycles. The zero-order chi connectivity index (χ0) is 15.9. The third-order valence-corrected chi connectivity index (χ3v) is 3.09. The summed E-state index contributed by atoms with van der Waals surface area (Å²) in [6.45, 7) is 0.662. The predicted octanol–water partition coefficient (Wildman–Crippen LogP) is 1.01. The summed E-state index contributed by atoms with van der Waals surface area (Å²) < 4.78 is 19.8. The molecule has 1 atom stereocenters. The predicted molar refractivity (Wildman–Crippen MR) is 79.9 cm³/mol. The smallest absolute Gasteiger partial charge is 0.241 e. The lowest BCUT2D eigenvalue weighted by Gasteiger charge is -2.14. The van der Waals surface area contributed by atoms with Crippen LogP contribution in [0, 0.1) is 5.82 Å². The molecular formula is C15H19FN4O2. The molecule has 7 heteroatoms. The van der Waals surface area contributed by atoms with E-state index in [1.54, 1.807) is 43.3 Å². The van der Waals surface area contributed by atoms with Crippen LogP contribution in [0.15, 0.2) is 36.7 Å². The van der Waals surface area contributed by atoms with E-state index in [1.165, 1.54) is 12.1 Å². The number of nitrogens with zero attached hydrogens (tertiary/aromatic N) is 2. The van der Waals surface area contributed by atoms with Crippen molar-refractivity contribution in [1.82, 2.24) is 20.4 Å². The van der Waals surface area contributed by atoms with E-state index >= 15 is 0 Å². The molecule has 6 nitrogen and oxygen atoms in total. The Bertz CT molecular complexity index is 612. The highest BCUT2D eigenvalue weighted by Gasteiger charge is 2.19. The fraction of sp³-hybridized carbons (Fsp3) is 0.333. The molecule has 0 radical (unpaired) electrons. The van der Waals surface area contributed by atoms with Crippen LogP contribution in [0.25, 0.3) is 0 Å². The fourth-order valence-corrected chi connectivity index (χ4v) is 2.01. The van der Waals surface area contributed by atoms with E-state index in [0.29, 0.717) is 18.9 Å². The molecule has 1 amide bonds. The van der Waals surface area contributed by atoms with Gasteiger partial charge in [0, 0.05) is 18.8 Å². The SMILES string of the molecule is CNC(C(=O)NCCOc1ccc(F)cc1)c1cnn(C)c1. The standard InChI is InChI=1S/C15H19FN4O2/c1-17-14(11-9-19-20(2)10-11)15(21)18-7-8-22-13-5-3-12(16)4-6-13/h3-6,9-10,14,17H,7-8H2,1-2H3,(H,18,21). The number of ether oxygens (including phenoxy) is 1. The number of carbonyl (C=O) groups is 1. The maximum atomic E-state index is 12.7. The summed E-state index contributed by atoms with van der Waals surface area (Å²) in [6, 6.07) is 5.28. The monoisotopic (exact) mass is 306 g/mol. The van der Waals surface area contributed by atoms with Gasteiger partial charge in [-0.25, -0.2) is 4.39 Å². The second-order valence-electron chi connectivity index (χ2n) is 4.76. The number of halogens is 1. The number of nitrogens with one attached hydrogen (secondary N) is 2. The number of hydrogen-bond donors (Lipinski definition) is 2. The summed E-state index contributed by atoms with van der Waals surface area (Å²) in [5.41, 5.74) is 0.793. The number of hydrogen-bond acceptors (Lipinski definition) is 4. The zero-order valence-corrected chi connectivity index (χ0v) is 12.5. The summed E-state index contributed by atoms with van der Waals surface area (Å²) in [7, 11) is 3.51. The van der Waals surface area contributed by atoms with Crippen LogP contribution in [0.4, 0.5) is 4.39 Å². The van der Waals surface area contributed by atoms with Gasteiger partial charge in [0.1, 0.15) is 24.2 Å². The molecule has 0 aliphatic heterocycles. The van der Waals surface area contributed by atoms with Crippen LogP contribution in [-0.2, 0) is 11.8 Å². The molecule has 0 spiro atoms. The van der Waals surface area contributed by atoms with E-state index in [9.17, 15) is 9.18 Å². The lowest BCUT2D eigenvalue weighted by Crippen LogP contribution is -2.37. The van der Waals surface area contributed by atoms with Crippen LogP contribution >= 0.6 is 0 Å². The average Bonchev–Trinajstić information content (AvgIpc) is 2.92. The van der Waals surface area contributed by atoms with Gasteiger partial charge >= 0.3 is 0 Å². The van der Waals surface area contributed by atoms with E-state index in [1.807, 2.05) is 0 Å². The molecule has 1 aromatic carbocycles. The first-order valence-electron chi connectivity index (χ1n) is 6.92. The minimum absolute atomic E-state index is 0.154. The van der Waals surface area contributed by atoms with E-state index in [4.69, 9.17) is 4.74 Å². The van der Waals surface area contributed by atoms with Gasteiger partial charge in [-0.1, -0.05) is 0 Å². The Morgan fingerprint density at radius 3 is 2.73 bits per heavy atom. The van der Waals surface area contributed by atoms with Crippen molar-refractivity contribution in [2.45, 2.75) is 6.04 Å². The first-order valence-corrected chi connectivity index (χ1v) is 6.92. The number of amides is 1. The number of aromatic nitrogens is 2. The summed E-state index contributed by atoms with van der Waals surface area (Å²) in [5, 5.41) is 9.79. The van der Waals surface area contributed by atoms with Crippen molar-refractivity contribution in [2.24, 2.45) is 7.05 Å². The molecule has 1 aromatic heterocycles. The molecular weight excluding hydrogens is 287 g/mol. The number of likely N-dealkylation sites (N-methyl/N-ethyl adjacent to an activating group) is 1. The van der Waals surface area contributed by atoms with Crippen LogP contribution < -0.4 is 15.4 Å². The summed E-state index contributed by atoms with van der Waals surface area (Å²) in [5.74, 6) is 0.0975. The zero-order valence-electron chi connectivity index (χ0n) is 12.5. The molecule has 0 fully saturated rings. The molecule has 22 heavy (non-hydrogen) atoms. The number of carbonyl (C=O) groups excluding carboxylic acids is 1. The van der Waals surface area contributed by atoms with Crippen LogP contribution in [-0.4, -0.2) is 35.9 Å². The van der Waals surface area contributed by atoms with Gasteiger partial charge in [-0.15, -0.1) is 0 Å². The van der Waals surface area contributed by atoms with E-state index in [2.05, 4.69) is 15.7 Å². The van der Waals surface area contributed by atoms with Crippen molar-refractivity contribution in [3.63, 3.8) is 0 Å². The van der Waals surface area contributed by atoms with Crippen LogP contribution in [0.1, 0.15) is 11.6 Å². The molecule has 1 unspecified atom stereocenters. The highest BCUT2D eigenvalue weighted by atomic mass is 19.1. The minimum Gasteiger partial charge on any atom is -0.492 e. The van der Waals surface area contributed by atoms with Gasteiger partial charge in [0.25, 0.3) is 0 Å². The molecule has 0 bridgehead atoms. The van der Waals surface area contributed by atoms with Crippen molar-refractivity contribution in [2.75, 3.05) is 20.2 Å². The first-order chi connectivity index (χ1) is 10.6. The molecule has 2 rings (SSSR count). The summed E-state index contributed by atoms with van der Waals surface area (Å²) in [6.07, 6.45) is 3.44. The van der Waals surface area contributed by atoms with Gasteiger partial charge in [-0.3, -0.25) is 9.48 Å². The summed E-state index contributed by atoms with van der Waals surface area (Å²) >= 11 is 0. The molecule has 2 N–H and O–H groups in total. The Morgan fingerprint density at radius 1 is 1.41 bits per heavy atom. The molecule has 0 aliphatic rings. The number of aryl methyl sites for hydroxylation is 1. The maximum absolute atomic E-state index is 12.7. The molecule has 2 aromatic rings. The summed E-state index contributed by atoms with van der Waals surface area (Å²) in [4.78, 5) is 12.1. The second-order valence-corrected chi connectivity index (χ2v) is 4.76. The Hall–Kier alpha value is -2.41. The van der Waals surface area contributed by atoms with Crippen molar-refractivity contribution >= 4 is 5.91 Å². The van der Waals surface area contributed by atoms with Crippen molar-refractivity contribution in [3.8, 4) is 5.75 Å². The fourth-order valence-electron chi connectivity index (χ4n) is 2.01. The van der Waals surface area contributed by atoms with Crippen molar-refractivity contribution in [3.05, 3.63) is 48.0 Å². The minimum atomic E-state index is -0.459. The van der Waals surface area contributed by atoms with Crippen molar-refractivity contribution < 1.29 is 13.9 Å². The molecule has 118 valence electrons. The number of benzene rings is 1. The van der Waals surface area contributed by atoms with Gasteiger partial charge in [0.05, 0.1) is 12.7 Å². The van der Waals surface area contributed by atoms with E-state index in [-0.39, 0.29) is 11.7 Å². The van der Waals surface area contributed by atoms with E-state index < -0.39 is 6.04 Å². The number of rotatable bonds is 7. The average molecular weight is 306 g/mol. The molecule has 0 saturated carbocycles. The highest BCUT2D eigenvalue weighted by molar-refractivity contribution is 5.82. The maximum Gasteiger partial charge on any atom is 0.241 e. The Kier molecular flexibility index (Phi) is 5.48. The lowest BCUT2D eigenvalue weighted by atomic mass is 10.1. The largest absolute Gasteiger partial charge is 0.492 e. The van der Waals surface area contributed by atoms with Gasteiger partial charge in [0.2, 0.25) is 5.91 Å². The van der Waals surface area contributed by atoms with Gasteiger partial charge in [0.15, 0.2) is 0 Å². The van der Waals surface area contributed by atoms with Gasteiger partial charge < -0.3 is 15.4 Å². The molecule has 1 heterocycles. The topological polar surface area (TPSA) is 68.2 Å². The van der Waals surface area contributed by atoms with Crippen LogP contribution in [0.2, 0.25) is 0 Å². The Balaban J connectivity index is 1.78. The normalized spacial score (nSPS) is 12.0. The Morgan fingerprint density at radius 2 is 2.14 bits per heavy atom. The van der Waals surface area contributed by atoms with Crippen LogP contribution in [0.3, 0.4) is 0 Å². The Labute approximate surface area is 128 Å².